The Hall–Kier alpha value is -2.21. The van der Waals surface area contributed by atoms with Gasteiger partial charge >= 0.3 is 0 Å². The first-order valence-electron chi connectivity index (χ1n) is 10.2. The maximum atomic E-state index is 3.69. The number of fused-ring (bicyclic) bond motifs is 2. The molecule has 29 heavy (non-hydrogen) atoms. The fraction of sp³-hybridized carbons (Fsp3) is 0.333. The van der Waals surface area contributed by atoms with E-state index in [2.05, 4.69) is 96.5 Å². The highest BCUT2D eigenvalue weighted by atomic mass is 32.2. The van der Waals surface area contributed by atoms with Crippen molar-refractivity contribution in [3.63, 3.8) is 0 Å². The largest absolute Gasteiger partial charge is 0.349 e. The first-order valence-corrected chi connectivity index (χ1v) is 11.0. The second kappa shape index (κ2) is 8.66. The minimum atomic E-state index is 1.03. The second-order valence-corrected chi connectivity index (χ2v) is 9.19. The molecule has 0 fully saturated rings. The summed E-state index contributed by atoms with van der Waals surface area (Å²) >= 11 is 1.85. The molecule has 2 aromatic heterocycles. The molecule has 0 saturated heterocycles. The van der Waals surface area contributed by atoms with Gasteiger partial charge in [-0.2, -0.15) is 0 Å². The Morgan fingerprint density at radius 1 is 0.655 bits per heavy atom. The molecule has 0 amide bonds. The number of nitrogens with one attached hydrogen (secondary N) is 2. The van der Waals surface area contributed by atoms with Gasteiger partial charge in [0.25, 0.3) is 0 Å². The van der Waals surface area contributed by atoms with Crippen LogP contribution in [0.5, 0.6) is 0 Å². The van der Waals surface area contributed by atoms with Gasteiger partial charge in [0.05, 0.1) is 10.1 Å². The van der Waals surface area contributed by atoms with Crippen LogP contribution in [0.3, 0.4) is 0 Å². The lowest BCUT2D eigenvalue weighted by Crippen LogP contribution is -2.15. The normalized spacial score (nSPS) is 12.1. The van der Waals surface area contributed by atoms with E-state index in [1.165, 1.54) is 43.0 Å². The SMILES string of the molecule is CN(C)CCc1c(Sc2[nH]c3ccccc3c2CCN(C)C)[nH]c2ccccc12. The number of aromatic amines is 2. The molecule has 152 valence electrons. The highest BCUT2D eigenvalue weighted by Gasteiger charge is 2.17. The van der Waals surface area contributed by atoms with Crippen molar-refractivity contribution in [3.8, 4) is 0 Å². The van der Waals surface area contributed by atoms with Crippen LogP contribution in [0, 0.1) is 0 Å². The van der Waals surface area contributed by atoms with Gasteiger partial charge in [-0.25, -0.2) is 0 Å². The highest BCUT2D eigenvalue weighted by molar-refractivity contribution is 7.99. The molecule has 0 saturated carbocycles. The molecule has 2 N–H and O–H groups in total. The molecule has 5 heteroatoms. The molecule has 0 atom stereocenters. The van der Waals surface area contributed by atoms with E-state index in [1.54, 1.807) is 0 Å². The summed E-state index contributed by atoms with van der Waals surface area (Å²) in [4.78, 5) is 11.9. The van der Waals surface area contributed by atoms with Gasteiger partial charge in [0.1, 0.15) is 0 Å². The van der Waals surface area contributed by atoms with Crippen LogP contribution in [0.15, 0.2) is 58.6 Å². The summed E-state index contributed by atoms with van der Waals surface area (Å²) in [5.74, 6) is 0. The number of hydrogen-bond donors (Lipinski definition) is 2. The van der Waals surface area contributed by atoms with E-state index in [1.807, 2.05) is 11.8 Å². The highest BCUT2D eigenvalue weighted by Crippen LogP contribution is 2.38. The Morgan fingerprint density at radius 3 is 1.48 bits per heavy atom. The summed E-state index contributed by atoms with van der Waals surface area (Å²) < 4.78 is 0. The van der Waals surface area contributed by atoms with Crippen LogP contribution in [-0.2, 0) is 12.8 Å². The van der Waals surface area contributed by atoms with Gasteiger partial charge in [-0.3, -0.25) is 0 Å². The molecule has 2 aromatic carbocycles. The number of para-hydroxylation sites is 2. The van der Waals surface area contributed by atoms with E-state index >= 15 is 0 Å². The van der Waals surface area contributed by atoms with Crippen LogP contribution >= 0.6 is 11.8 Å². The Morgan fingerprint density at radius 2 is 1.07 bits per heavy atom. The van der Waals surface area contributed by atoms with Gasteiger partial charge in [-0.05, 0) is 64.3 Å². The van der Waals surface area contributed by atoms with Gasteiger partial charge in [0.15, 0.2) is 0 Å². The summed E-state index contributed by atoms with van der Waals surface area (Å²) in [6.07, 6.45) is 2.07. The Bertz CT molecular complexity index is 1020. The van der Waals surface area contributed by atoms with Crippen LogP contribution in [0.2, 0.25) is 0 Å². The first-order chi connectivity index (χ1) is 14.0. The topological polar surface area (TPSA) is 38.1 Å². The second-order valence-electron chi connectivity index (χ2n) is 8.17. The summed E-state index contributed by atoms with van der Waals surface area (Å²) in [6, 6.07) is 17.3. The molecule has 4 nitrogen and oxygen atoms in total. The standard InChI is InChI=1S/C24H30N4S/c1-27(2)15-13-19-17-9-5-7-11-21(17)25-23(19)29-24-20(14-16-28(3)4)18-10-6-8-12-22(18)26-24/h5-12,25-26H,13-16H2,1-4H3. The Kier molecular flexibility index (Phi) is 5.99. The fourth-order valence-electron chi connectivity index (χ4n) is 3.79. The summed E-state index contributed by atoms with van der Waals surface area (Å²) in [5.41, 5.74) is 5.26. The van der Waals surface area contributed by atoms with Crippen LogP contribution in [0.1, 0.15) is 11.1 Å². The third-order valence-corrected chi connectivity index (χ3v) is 6.48. The lowest BCUT2D eigenvalue weighted by atomic mass is 10.1. The van der Waals surface area contributed by atoms with E-state index in [0.717, 1.165) is 25.9 Å². The van der Waals surface area contributed by atoms with Crippen molar-refractivity contribution in [2.45, 2.75) is 22.9 Å². The number of nitrogens with zero attached hydrogens (tertiary/aromatic N) is 2. The number of hydrogen-bond acceptors (Lipinski definition) is 3. The number of rotatable bonds is 8. The third kappa shape index (κ3) is 4.37. The quantitative estimate of drug-likeness (QED) is 0.432. The molecular formula is C24H30N4S. The lowest BCUT2D eigenvalue weighted by molar-refractivity contribution is 0.413. The van der Waals surface area contributed by atoms with Gasteiger partial charge in [0, 0.05) is 34.9 Å². The van der Waals surface area contributed by atoms with Crippen molar-refractivity contribution in [2.24, 2.45) is 0 Å². The number of benzene rings is 2. The maximum absolute atomic E-state index is 3.69. The van der Waals surface area contributed by atoms with Crippen LogP contribution in [0.4, 0.5) is 0 Å². The van der Waals surface area contributed by atoms with Gasteiger partial charge in [-0.15, -0.1) is 0 Å². The van der Waals surface area contributed by atoms with Crippen molar-refractivity contribution >= 4 is 33.6 Å². The molecule has 0 aliphatic rings. The predicted octanol–water partition coefficient (Wildman–Crippen LogP) is 5.01. The maximum Gasteiger partial charge on any atom is 0.0828 e. The zero-order valence-corrected chi connectivity index (χ0v) is 18.6. The molecule has 0 unspecified atom stereocenters. The van der Waals surface area contributed by atoms with E-state index in [-0.39, 0.29) is 0 Å². The minimum Gasteiger partial charge on any atom is -0.349 e. The Balaban J connectivity index is 1.75. The van der Waals surface area contributed by atoms with Crippen molar-refractivity contribution in [2.75, 3.05) is 41.3 Å². The first kappa shape index (κ1) is 20.1. The monoisotopic (exact) mass is 406 g/mol. The molecule has 0 aliphatic carbocycles. The third-order valence-electron chi connectivity index (χ3n) is 5.37. The zero-order valence-electron chi connectivity index (χ0n) is 17.7. The molecular weight excluding hydrogens is 376 g/mol. The predicted molar refractivity (Wildman–Crippen MR) is 125 cm³/mol. The van der Waals surface area contributed by atoms with Crippen LogP contribution in [0.25, 0.3) is 21.8 Å². The molecule has 2 heterocycles. The van der Waals surface area contributed by atoms with Gasteiger partial charge in [0.2, 0.25) is 0 Å². The zero-order chi connectivity index (χ0) is 20.4. The van der Waals surface area contributed by atoms with Gasteiger partial charge < -0.3 is 19.8 Å². The molecule has 4 aromatic rings. The van der Waals surface area contributed by atoms with Crippen molar-refractivity contribution < 1.29 is 0 Å². The van der Waals surface area contributed by atoms with Crippen molar-refractivity contribution in [1.82, 2.24) is 19.8 Å². The summed E-state index contributed by atoms with van der Waals surface area (Å²) in [5, 5.41) is 5.18. The van der Waals surface area contributed by atoms with Crippen LogP contribution < -0.4 is 0 Å². The average molecular weight is 407 g/mol. The Labute approximate surface area is 177 Å². The number of likely N-dealkylation sites (N-methyl/N-ethyl adjacent to an activating group) is 2. The average Bonchev–Trinajstić information content (AvgIpc) is 3.22. The van der Waals surface area contributed by atoms with E-state index in [4.69, 9.17) is 0 Å². The summed E-state index contributed by atoms with van der Waals surface area (Å²) in [6.45, 7) is 2.07. The molecule has 4 rings (SSSR count). The molecule has 0 radical (unpaired) electrons. The number of aromatic nitrogens is 2. The number of H-pyrrole nitrogens is 2. The minimum absolute atomic E-state index is 1.03. The smallest absolute Gasteiger partial charge is 0.0828 e. The van der Waals surface area contributed by atoms with E-state index < -0.39 is 0 Å². The van der Waals surface area contributed by atoms with Crippen molar-refractivity contribution in [3.05, 3.63) is 59.7 Å². The lowest BCUT2D eigenvalue weighted by Gasteiger charge is -2.12. The van der Waals surface area contributed by atoms with Crippen LogP contribution in [-0.4, -0.2) is 61.0 Å². The molecule has 0 aliphatic heterocycles. The molecule has 0 spiro atoms. The fourth-order valence-corrected chi connectivity index (χ4v) is 4.99. The molecule has 0 bridgehead atoms. The van der Waals surface area contributed by atoms with Crippen molar-refractivity contribution in [1.29, 1.82) is 0 Å². The van der Waals surface area contributed by atoms with E-state index in [0.29, 0.717) is 0 Å². The summed E-state index contributed by atoms with van der Waals surface area (Å²) in [7, 11) is 8.55. The van der Waals surface area contributed by atoms with E-state index in [9.17, 15) is 0 Å². The van der Waals surface area contributed by atoms with Gasteiger partial charge in [-0.1, -0.05) is 48.2 Å².